The molecule has 1 unspecified atom stereocenters. The molecule has 0 fully saturated rings. The maximum absolute atomic E-state index is 12.5. The van der Waals surface area contributed by atoms with Crippen LogP contribution in [0.5, 0.6) is 0 Å². The van der Waals surface area contributed by atoms with Gasteiger partial charge in [-0.05, 0) is 43.8 Å². The van der Waals surface area contributed by atoms with Crippen LogP contribution < -0.4 is 5.32 Å². The SMILES string of the molecule is CCCNC(C)c1cccc(S(=O)(=O)N(C)CCSC)c1. The molecule has 0 aliphatic carbocycles. The topological polar surface area (TPSA) is 49.4 Å². The first kappa shape index (κ1) is 18.5. The van der Waals surface area contributed by atoms with E-state index in [1.165, 1.54) is 4.31 Å². The lowest BCUT2D eigenvalue weighted by atomic mass is 10.1. The Kier molecular flexibility index (Phi) is 7.73. The van der Waals surface area contributed by atoms with E-state index in [1.807, 2.05) is 18.4 Å². The highest BCUT2D eigenvalue weighted by Crippen LogP contribution is 2.20. The van der Waals surface area contributed by atoms with E-state index >= 15 is 0 Å². The summed E-state index contributed by atoms with van der Waals surface area (Å²) in [6, 6.07) is 7.37. The Hall–Kier alpha value is -0.560. The summed E-state index contributed by atoms with van der Waals surface area (Å²) in [4.78, 5) is 0.369. The van der Waals surface area contributed by atoms with Gasteiger partial charge in [0.1, 0.15) is 0 Å². The highest BCUT2D eigenvalue weighted by molar-refractivity contribution is 7.98. The number of thioether (sulfide) groups is 1. The molecule has 0 heterocycles. The summed E-state index contributed by atoms with van der Waals surface area (Å²) in [5.74, 6) is 0.796. The van der Waals surface area contributed by atoms with E-state index in [-0.39, 0.29) is 6.04 Å². The molecule has 21 heavy (non-hydrogen) atoms. The second kappa shape index (κ2) is 8.78. The lowest BCUT2D eigenvalue weighted by molar-refractivity contribution is 0.488. The quantitative estimate of drug-likeness (QED) is 0.756. The van der Waals surface area contributed by atoms with Gasteiger partial charge in [0, 0.05) is 25.4 Å². The minimum Gasteiger partial charge on any atom is -0.310 e. The van der Waals surface area contributed by atoms with Crippen LogP contribution in [0.1, 0.15) is 31.9 Å². The van der Waals surface area contributed by atoms with Crippen molar-refractivity contribution in [3.63, 3.8) is 0 Å². The molecule has 1 N–H and O–H groups in total. The van der Waals surface area contributed by atoms with Gasteiger partial charge in [0.25, 0.3) is 0 Å². The lowest BCUT2D eigenvalue weighted by Gasteiger charge is -2.19. The summed E-state index contributed by atoms with van der Waals surface area (Å²) in [5, 5.41) is 3.38. The van der Waals surface area contributed by atoms with Crippen LogP contribution in [0, 0.1) is 0 Å². The largest absolute Gasteiger partial charge is 0.310 e. The van der Waals surface area contributed by atoms with Crippen LogP contribution in [0.25, 0.3) is 0 Å². The van der Waals surface area contributed by atoms with Crippen LogP contribution in [0.2, 0.25) is 0 Å². The van der Waals surface area contributed by atoms with Crippen LogP contribution >= 0.6 is 11.8 Å². The maximum atomic E-state index is 12.5. The Morgan fingerprint density at radius 1 is 1.38 bits per heavy atom. The Labute approximate surface area is 133 Å². The fourth-order valence-electron chi connectivity index (χ4n) is 1.94. The van der Waals surface area contributed by atoms with E-state index in [1.54, 1.807) is 30.9 Å². The first-order chi connectivity index (χ1) is 9.93. The van der Waals surface area contributed by atoms with Crippen molar-refractivity contribution in [1.82, 2.24) is 9.62 Å². The van der Waals surface area contributed by atoms with Gasteiger partial charge < -0.3 is 5.32 Å². The standard InChI is InChI=1S/C15H26N2O2S2/c1-5-9-16-13(2)14-7-6-8-15(12-14)21(18,19)17(3)10-11-20-4/h6-8,12-13,16H,5,9-11H2,1-4H3. The summed E-state index contributed by atoms with van der Waals surface area (Å²) in [6.07, 6.45) is 3.03. The van der Waals surface area contributed by atoms with Crippen molar-refractivity contribution >= 4 is 21.8 Å². The average Bonchev–Trinajstić information content (AvgIpc) is 2.50. The highest BCUT2D eigenvalue weighted by atomic mass is 32.2. The molecule has 0 bridgehead atoms. The third-order valence-corrected chi connectivity index (χ3v) is 5.82. The molecule has 0 aliphatic heterocycles. The van der Waals surface area contributed by atoms with Gasteiger partial charge in [-0.15, -0.1) is 0 Å². The fourth-order valence-corrected chi connectivity index (χ4v) is 3.74. The molecule has 0 aliphatic rings. The van der Waals surface area contributed by atoms with Gasteiger partial charge in [-0.25, -0.2) is 12.7 Å². The smallest absolute Gasteiger partial charge is 0.242 e. The van der Waals surface area contributed by atoms with Gasteiger partial charge in [0.15, 0.2) is 0 Å². The number of rotatable bonds is 9. The summed E-state index contributed by atoms with van der Waals surface area (Å²) >= 11 is 1.64. The van der Waals surface area contributed by atoms with E-state index in [2.05, 4.69) is 19.2 Å². The average molecular weight is 331 g/mol. The molecule has 0 saturated carbocycles. The fraction of sp³-hybridized carbons (Fsp3) is 0.600. The zero-order valence-corrected chi connectivity index (χ0v) is 14.9. The summed E-state index contributed by atoms with van der Waals surface area (Å²) < 4.78 is 26.5. The molecule has 1 aromatic carbocycles. The summed E-state index contributed by atoms with van der Waals surface area (Å²) in [7, 11) is -1.76. The number of nitrogens with zero attached hydrogens (tertiary/aromatic N) is 1. The van der Waals surface area contributed by atoms with Crippen molar-refractivity contribution in [3.8, 4) is 0 Å². The van der Waals surface area contributed by atoms with E-state index in [9.17, 15) is 8.42 Å². The van der Waals surface area contributed by atoms with Crippen LogP contribution in [0.4, 0.5) is 0 Å². The van der Waals surface area contributed by atoms with E-state index in [0.717, 1.165) is 24.3 Å². The second-order valence-electron chi connectivity index (χ2n) is 5.07. The Balaban J connectivity index is 2.93. The maximum Gasteiger partial charge on any atom is 0.242 e. The molecule has 4 nitrogen and oxygen atoms in total. The zero-order valence-electron chi connectivity index (χ0n) is 13.3. The number of sulfonamides is 1. The third kappa shape index (κ3) is 5.29. The van der Waals surface area contributed by atoms with Gasteiger partial charge in [0.2, 0.25) is 10.0 Å². The number of nitrogens with one attached hydrogen (secondary N) is 1. The van der Waals surface area contributed by atoms with Crippen LogP contribution in [0.3, 0.4) is 0 Å². The Morgan fingerprint density at radius 2 is 2.10 bits per heavy atom. The molecule has 1 atom stereocenters. The van der Waals surface area contributed by atoms with Crippen LogP contribution in [0.15, 0.2) is 29.2 Å². The summed E-state index contributed by atoms with van der Waals surface area (Å²) in [6.45, 7) is 5.61. The zero-order chi connectivity index (χ0) is 15.9. The number of hydrogen-bond donors (Lipinski definition) is 1. The molecule has 1 aromatic rings. The molecular weight excluding hydrogens is 304 g/mol. The third-order valence-electron chi connectivity index (χ3n) is 3.38. The second-order valence-corrected chi connectivity index (χ2v) is 8.10. The monoisotopic (exact) mass is 330 g/mol. The van der Waals surface area contributed by atoms with E-state index in [4.69, 9.17) is 0 Å². The van der Waals surface area contributed by atoms with Crippen molar-refractivity contribution in [2.75, 3.05) is 32.1 Å². The Morgan fingerprint density at radius 3 is 2.71 bits per heavy atom. The Bertz CT molecular complexity index is 532. The van der Waals surface area contributed by atoms with Crippen molar-refractivity contribution in [2.45, 2.75) is 31.2 Å². The van der Waals surface area contributed by atoms with Gasteiger partial charge in [0.05, 0.1) is 4.90 Å². The molecule has 0 saturated heterocycles. The molecule has 1 rings (SSSR count). The van der Waals surface area contributed by atoms with E-state index in [0.29, 0.717) is 11.4 Å². The number of hydrogen-bond acceptors (Lipinski definition) is 4. The first-order valence-electron chi connectivity index (χ1n) is 7.22. The van der Waals surface area contributed by atoms with E-state index < -0.39 is 10.0 Å². The first-order valence-corrected chi connectivity index (χ1v) is 10.1. The molecule has 120 valence electrons. The van der Waals surface area contributed by atoms with Crippen LogP contribution in [-0.4, -0.2) is 44.9 Å². The highest BCUT2D eigenvalue weighted by Gasteiger charge is 2.21. The number of benzene rings is 1. The van der Waals surface area contributed by atoms with Gasteiger partial charge in [-0.3, -0.25) is 0 Å². The minimum atomic E-state index is -3.40. The molecule has 6 heteroatoms. The van der Waals surface area contributed by atoms with Crippen molar-refractivity contribution < 1.29 is 8.42 Å². The van der Waals surface area contributed by atoms with Crippen molar-refractivity contribution in [1.29, 1.82) is 0 Å². The van der Waals surface area contributed by atoms with Gasteiger partial charge in [-0.1, -0.05) is 19.1 Å². The normalized spacial score (nSPS) is 13.6. The molecule has 0 spiro atoms. The van der Waals surface area contributed by atoms with Crippen molar-refractivity contribution in [2.24, 2.45) is 0 Å². The summed E-state index contributed by atoms with van der Waals surface area (Å²) in [5.41, 5.74) is 1.00. The lowest BCUT2D eigenvalue weighted by Crippen LogP contribution is -2.29. The van der Waals surface area contributed by atoms with Crippen LogP contribution in [-0.2, 0) is 10.0 Å². The molecule has 0 aromatic heterocycles. The molecular formula is C15H26N2O2S2. The van der Waals surface area contributed by atoms with Gasteiger partial charge >= 0.3 is 0 Å². The molecule has 0 radical (unpaired) electrons. The van der Waals surface area contributed by atoms with Crippen molar-refractivity contribution in [3.05, 3.63) is 29.8 Å². The predicted octanol–water partition coefficient (Wildman–Crippen LogP) is 2.73. The minimum absolute atomic E-state index is 0.150. The molecule has 0 amide bonds. The predicted molar refractivity (Wildman–Crippen MR) is 91.3 cm³/mol. The van der Waals surface area contributed by atoms with Gasteiger partial charge in [-0.2, -0.15) is 11.8 Å².